The van der Waals surface area contributed by atoms with E-state index in [0.29, 0.717) is 26.2 Å². The molecule has 6 nitrogen and oxygen atoms in total. The molecule has 0 aromatic heterocycles. The lowest BCUT2D eigenvalue weighted by Gasteiger charge is -2.25. The molecule has 0 bridgehead atoms. The summed E-state index contributed by atoms with van der Waals surface area (Å²) in [6, 6.07) is 12.0. The van der Waals surface area contributed by atoms with Crippen molar-refractivity contribution in [2.75, 3.05) is 19.8 Å². The number of ether oxygens (including phenoxy) is 3. The summed E-state index contributed by atoms with van der Waals surface area (Å²) in [4.78, 5) is 22.1. The Balaban J connectivity index is 0.000000182. The van der Waals surface area contributed by atoms with E-state index in [1.54, 1.807) is 0 Å². The van der Waals surface area contributed by atoms with E-state index in [-0.39, 0.29) is 24.6 Å². The zero-order chi connectivity index (χ0) is 23.1. The fourth-order valence-electron chi connectivity index (χ4n) is 3.88. The number of fused-ring (bicyclic) bond motifs is 2. The summed E-state index contributed by atoms with van der Waals surface area (Å²) in [7, 11) is 0. The van der Waals surface area contributed by atoms with Gasteiger partial charge in [-0.15, -0.1) is 0 Å². The second kappa shape index (κ2) is 11.9. The van der Waals surface area contributed by atoms with Gasteiger partial charge in [-0.1, -0.05) is 44.0 Å². The summed E-state index contributed by atoms with van der Waals surface area (Å²) in [5.74, 6) is -1.02. The van der Waals surface area contributed by atoms with Crippen LogP contribution < -0.4 is 0 Å². The largest absolute Gasteiger partial charge is 0.481 e. The van der Waals surface area contributed by atoms with Crippen LogP contribution >= 0.6 is 31.9 Å². The van der Waals surface area contributed by atoms with E-state index in [4.69, 9.17) is 19.3 Å². The maximum Gasteiger partial charge on any atom is 0.308 e. The molecule has 0 saturated heterocycles. The molecule has 0 radical (unpaired) electrons. The van der Waals surface area contributed by atoms with Crippen molar-refractivity contribution in [2.45, 2.75) is 44.8 Å². The molecule has 2 heterocycles. The van der Waals surface area contributed by atoms with Crippen LogP contribution in [0.15, 0.2) is 45.3 Å². The molecule has 0 fully saturated rings. The van der Waals surface area contributed by atoms with Crippen LogP contribution in [0.3, 0.4) is 0 Å². The van der Waals surface area contributed by atoms with Gasteiger partial charge < -0.3 is 19.3 Å². The van der Waals surface area contributed by atoms with Crippen molar-refractivity contribution in [1.29, 1.82) is 0 Å². The SMILES string of the molecule is CCOC(=O)CC1OCCc2cc(Br)ccc21.O=C(O)CC1OCCc2cc(Br)ccc21. The predicted molar refractivity (Wildman–Crippen MR) is 127 cm³/mol. The van der Waals surface area contributed by atoms with Crippen LogP contribution in [0.1, 0.15) is 54.2 Å². The Morgan fingerprint density at radius 3 is 1.91 bits per heavy atom. The second-order valence-electron chi connectivity index (χ2n) is 7.51. The lowest BCUT2D eigenvalue weighted by molar-refractivity contribution is -0.147. The number of halogens is 2. The lowest BCUT2D eigenvalue weighted by Crippen LogP contribution is -2.20. The standard InChI is InChI=1S/C13H15BrO3.C11H11BrO3/c1-2-16-13(15)8-12-11-4-3-10(14)7-9(11)5-6-17-12;12-8-1-2-9-7(5-8)3-4-15-10(9)6-11(13)14/h3-4,7,12H,2,5-6,8H2,1H3;1-2,5,10H,3-4,6H2,(H,13,14). The van der Waals surface area contributed by atoms with Gasteiger partial charge in [0.05, 0.1) is 44.9 Å². The number of hydrogen-bond donors (Lipinski definition) is 1. The normalized spacial score (nSPS) is 19.1. The number of carboxylic acid groups (broad SMARTS) is 1. The van der Waals surface area contributed by atoms with Crippen molar-refractivity contribution in [3.05, 3.63) is 67.6 Å². The molecule has 0 aliphatic carbocycles. The third-order valence-corrected chi connectivity index (χ3v) is 6.29. The monoisotopic (exact) mass is 568 g/mol. The van der Waals surface area contributed by atoms with Crippen molar-refractivity contribution in [2.24, 2.45) is 0 Å². The molecular formula is C24H26Br2O6. The first kappa shape index (κ1) is 24.9. The molecule has 8 heteroatoms. The van der Waals surface area contributed by atoms with Crippen molar-refractivity contribution >= 4 is 43.8 Å². The number of carboxylic acids is 1. The number of rotatable bonds is 5. The number of carbonyl (C=O) groups excluding carboxylic acids is 1. The van der Waals surface area contributed by atoms with Crippen molar-refractivity contribution in [3.8, 4) is 0 Å². The fraction of sp³-hybridized carbons (Fsp3) is 0.417. The minimum Gasteiger partial charge on any atom is -0.481 e. The first-order chi connectivity index (χ1) is 15.4. The molecule has 32 heavy (non-hydrogen) atoms. The van der Waals surface area contributed by atoms with Gasteiger partial charge in [-0.3, -0.25) is 9.59 Å². The summed E-state index contributed by atoms with van der Waals surface area (Å²) in [6.45, 7) is 3.48. The van der Waals surface area contributed by atoms with Gasteiger partial charge in [-0.2, -0.15) is 0 Å². The Morgan fingerprint density at radius 1 is 0.938 bits per heavy atom. The lowest BCUT2D eigenvalue weighted by atomic mass is 9.96. The molecule has 4 rings (SSSR count). The van der Waals surface area contributed by atoms with Crippen LogP contribution in [0, 0.1) is 0 Å². The molecule has 2 aromatic carbocycles. The second-order valence-corrected chi connectivity index (χ2v) is 9.34. The first-order valence-electron chi connectivity index (χ1n) is 10.5. The molecule has 0 saturated carbocycles. The molecule has 2 unspecified atom stereocenters. The van der Waals surface area contributed by atoms with Crippen LogP contribution in [0.25, 0.3) is 0 Å². The van der Waals surface area contributed by atoms with Gasteiger partial charge in [-0.25, -0.2) is 0 Å². The van der Waals surface area contributed by atoms with Gasteiger partial charge in [0.2, 0.25) is 0 Å². The molecule has 2 aliphatic rings. The van der Waals surface area contributed by atoms with Crippen LogP contribution in [0.2, 0.25) is 0 Å². The summed E-state index contributed by atoms with van der Waals surface area (Å²) < 4.78 is 18.1. The number of carbonyl (C=O) groups is 2. The molecule has 0 amide bonds. The first-order valence-corrected chi connectivity index (χ1v) is 12.1. The number of esters is 1. The van der Waals surface area contributed by atoms with Crippen molar-refractivity contribution < 1.29 is 28.9 Å². The Morgan fingerprint density at radius 2 is 1.44 bits per heavy atom. The number of aliphatic carboxylic acids is 1. The smallest absolute Gasteiger partial charge is 0.308 e. The average molecular weight is 570 g/mol. The quantitative estimate of drug-likeness (QED) is 0.475. The Labute approximate surface area is 204 Å². The fourth-order valence-corrected chi connectivity index (χ4v) is 4.70. The van der Waals surface area contributed by atoms with E-state index in [2.05, 4.69) is 37.9 Å². The minimum absolute atomic E-state index is 0.0363. The highest BCUT2D eigenvalue weighted by molar-refractivity contribution is 9.10. The van der Waals surface area contributed by atoms with Gasteiger partial charge in [0.25, 0.3) is 0 Å². The number of hydrogen-bond acceptors (Lipinski definition) is 5. The summed E-state index contributed by atoms with van der Waals surface area (Å²) in [5, 5.41) is 8.76. The average Bonchev–Trinajstić information content (AvgIpc) is 2.74. The van der Waals surface area contributed by atoms with Crippen LogP contribution in [0.5, 0.6) is 0 Å². The van der Waals surface area contributed by atoms with E-state index < -0.39 is 5.97 Å². The van der Waals surface area contributed by atoms with E-state index in [0.717, 1.165) is 32.9 Å². The maximum absolute atomic E-state index is 11.5. The van der Waals surface area contributed by atoms with Crippen LogP contribution in [-0.4, -0.2) is 36.9 Å². The van der Waals surface area contributed by atoms with E-state index in [9.17, 15) is 9.59 Å². The third kappa shape index (κ3) is 6.88. The van der Waals surface area contributed by atoms with E-state index in [1.165, 1.54) is 11.1 Å². The van der Waals surface area contributed by atoms with E-state index in [1.807, 2.05) is 37.3 Å². The maximum atomic E-state index is 11.5. The van der Waals surface area contributed by atoms with Crippen molar-refractivity contribution in [3.63, 3.8) is 0 Å². The zero-order valence-corrected chi connectivity index (χ0v) is 21.0. The Kier molecular flexibility index (Phi) is 9.28. The highest BCUT2D eigenvalue weighted by atomic mass is 79.9. The molecule has 2 aliphatic heterocycles. The summed E-state index contributed by atoms with van der Waals surface area (Å²) in [6.07, 6.45) is 1.63. The zero-order valence-electron chi connectivity index (χ0n) is 17.8. The highest BCUT2D eigenvalue weighted by Crippen LogP contribution is 2.32. The molecule has 2 aromatic rings. The topological polar surface area (TPSA) is 82.1 Å². The molecule has 1 N–H and O–H groups in total. The van der Waals surface area contributed by atoms with Gasteiger partial charge in [0.15, 0.2) is 0 Å². The molecule has 172 valence electrons. The summed E-state index contributed by atoms with van der Waals surface area (Å²) in [5.41, 5.74) is 4.54. The molecular weight excluding hydrogens is 544 g/mol. The Hall–Kier alpha value is -1.74. The highest BCUT2D eigenvalue weighted by Gasteiger charge is 2.24. The van der Waals surface area contributed by atoms with Gasteiger partial charge in [-0.05, 0) is 66.3 Å². The van der Waals surface area contributed by atoms with E-state index >= 15 is 0 Å². The van der Waals surface area contributed by atoms with Gasteiger partial charge in [0, 0.05) is 8.95 Å². The third-order valence-electron chi connectivity index (χ3n) is 5.30. The van der Waals surface area contributed by atoms with Crippen LogP contribution in [0.4, 0.5) is 0 Å². The van der Waals surface area contributed by atoms with Crippen molar-refractivity contribution in [1.82, 2.24) is 0 Å². The molecule has 2 atom stereocenters. The number of benzene rings is 2. The minimum atomic E-state index is -0.823. The Bertz CT molecular complexity index is 962. The van der Waals surface area contributed by atoms with Crippen LogP contribution in [-0.2, 0) is 36.6 Å². The molecule has 0 spiro atoms. The van der Waals surface area contributed by atoms with Gasteiger partial charge >= 0.3 is 11.9 Å². The summed E-state index contributed by atoms with van der Waals surface area (Å²) >= 11 is 6.86. The van der Waals surface area contributed by atoms with Gasteiger partial charge in [0.1, 0.15) is 0 Å². The predicted octanol–water partition coefficient (Wildman–Crippen LogP) is 5.55.